The van der Waals surface area contributed by atoms with Crippen molar-refractivity contribution < 1.29 is 26.3 Å². The number of halogens is 3. The first kappa shape index (κ1) is 20.7. The smallest absolute Gasteiger partial charge is 0.416 e. The molecular weight excluding hydrogens is 391 g/mol. The maximum atomic E-state index is 12.9. The number of ether oxygens (including phenoxy) is 1. The van der Waals surface area contributed by atoms with Crippen molar-refractivity contribution in [1.82, 2.24) is 4.72 Å². The summed E-state index contributed by atoms with van der Waals surface area (Å²) in [4.78, 5) is -0.384. The molecular formula is C20H22F3NO3S. The molecule has 0 unspecified atom stereocenters. The highest BCUT2D eigenvalue weighted by atomic mass is 32.2. The van der Waals surface area contributed by atoms with E-state index in [2.05, 4.69) is 4.72 Å². The Morgan fingerprint density at radius 1 is 1.07 bits per heavy atom. The Labute approximate surface area is 162 Å². The molecule has 0 aliphatic heterocycles. The second-order valence-corrected chi connectivity index (χ2v) is 8.83. The minimum absolute atomic E-state index is 0.137. The minimum atomic E-state index is -4.60. The molecule has 8 heteroatoms. The average Bonchev–Trinajstić information content (AvgIpc) is 3.16. The molecule has 1 aliphatic carbocycles. The summed E-state index contributed by atoms with van der Waals surface area (Å²) < 4.78 is 71.7. The normalized spacial score (nSPS) is 16.9. The standard InChI is InChI=1S/C20H22F3NO3S/c1-27-17-9-7-15(8-10-17)19(11-2-3-12-19)14-24-28(25,26)18-6-4-5-16(13-18)20(21,22)23/h4-10,13,24H,2-3,11-12,14H2,1H3. The summed E-state index contributed by atoms with van der Waals surface area (Å²) in [5.41, 5.74) is -0.361. The number of alkyl halides is 3. The van der Waals surface area contributed by atoms with Crippen LogP contribution in [0.1, 0.15) is 36.8 Å². The largest absolute Gasteiger partial charge is 0.497 e. The van der Waals surface area contributed by atoms with E-state index in [4.69, 9.17) is 4.74 Å². The van der Waals surface area contributed by atoms with E-state index in [0.29, 0.717) is 11.8 Å². The van der Waals surface area contributed by atoms with Gasteiger partial charge in [0.1, 0.15) is 5.75 Å². The Balaban J connectivity index is 1.83. The second kappa shape index (κ2) is 7.75. The first-order chi connectivity index (χ1) is 13.2. The molecule has 0 atom stereocenters. The van der Waals surface area contributed by atoms with Gasteiger partial charge < -0.3 is 4.74 Å². The third kappa shape index (κ3) is 4.33. The van der Waals surface area contributed by atoms with Gasteiger partial charge in [-0.2, -0.15) is 13.2 Å². The molecule has 0 saturated heterocycles. The van der Waals surface area contributed by atoms with Gasteiger partial charge in [0.05, 0.1) is 17.6 Å². The van der Waals surface area contributed by atoms with Crippen LogP contribution in [0.5, 0.6) is 5.75 Å². The first-order valence-corrected chi connectivity index (χ1v) is 10.5. The molecule has 1 N–H and O–H groups in total. The molecule has 0 heterocycles. The van der Waals surface area contributed by atoms with Gasteiger partial charge in [0.15, 0.2) is 0 Å². The Hall–Kier alpha value is -2.06. The van der Waals surface area contributed by atoms with Crippen molar-refractivity contribution in [2.24, 2.45) is 0 Å². The lowest BCUT2D eigenvalue weighted by atomic mass is 9.79. The van der Waals surface area contributed by atoms with Gasteiger partial charge >= 0.3 is 6.18 Å². The maximum absolute atomic E-state index is 12.9. The lowest BCUT2D eigenvalue weighted by molar-refractivity contribution is -0.137. The van der Waals surface area contributed by atoms with Gasteiger partial charge in [-0.15, -0.1) is 0 Å². The highest BCUT2D eigenvalue weighted by Gasteiger charge is 2.37. The predicted octanol–water partition coefficient (Wildman–Crippen LogP) is 4.50. The lowest BCUT2D eigenvalue weighted by Crippen LogP contribution is -2.39. The Kier molecular flexibility index (Phi) is 5.72. The van der Waals surface area contributed by atoms with E-state index in [1.807, 2.05) is 24.3 Å². The number of hydrogen-bond donors (Lipinski definition) is 1. The summed E-state index contributed by atoms with van der Waals surface area (Å²) >= 11 is 0. The summed E-state index contributed by atoms with van der Waals surface area (Å²) in [7, 11) is -2.49. The van der Waals surface area contributed by atoms with Crippen LogP contribution in [0.3, 0.4) is 0 Å². The number of sulfonamides is 1. The molecule has 0 aromatic heterocycles. The zero-order chi connectivity index (χ0) is 20.4. The van der Waals surface area contributed by atoms with Crippen LogP contribution in [0.2, 0.25) is 0 Å². The molecule has 0 radical (unpaired) electrons. The molecule has 2 aromatic carbocycles. The Bertz CT molecular complexity index is 918. The second-order valence-electron chi connectivity index (χ2n) is 7.07. The molecule has 1 saturated carbocycles. The molecule has 3 rings (SSSR count). The van der Waals surface area contributed by atoms with Gasteiger partial charge in [-0.1, -0.05) is 31.0 Å². The van der Waals surface area contributed by atoms with Crippen LogP contribution in [0, 0.1) is 0 Å². The summed E-state index contributed by atoms with van der Waals surface area (Å²) in [6, 6.07) is 11.3. The van der Waals surface area contributed by atoms with Gasteiger partial charge in [-0.25, -0.2) is 13.1 Å². The number of benzene rings is 2. The fourth-order valence-electron chi connectivity index (χ4n) is 3.72. The van der Waals surface area contributed by atoms with Crippen molar-refractivity contribution in [2.45, 2.75) is 42.2 Å². The fraction of sp³-hybridized carbons (Fsp3) is 0.400. The lowest BCUT2D eigenvalue weighted by Gasteiger charge is -2.30. The molecule has 0 spiro atoms. The van der Waals surface area contributed by atoms with E-state index in [-0.39, 0.29) is 16.9 Å². The van der Waals surface area contributed by atoms with E-state index in [1.165, 1.54) is 6.07 Å². The molecule has 0 bridgehead atoms. The van der Waals surface area contributed by atoms with Crippen molar-refractivity contribution in [3.05, 3.63) is 59.7 Å². The zero-order valence-corrected chi connectivity index (χ0v) is 16.2. The van der Waals surface area contributed by atoms with E-state index >= 15 is 0 Å². The monoisotopic (exact) mass is 413 g/mol. The summed E-state index contributed by atoms with van der Waals surface area (Å²) in [6.07, 6.45) is -1.04. The van der Waals surface area contributed by atoms with Gasteiger partial charge in [0, 0.05) is 12.0 Å². The van der Waals surface area contributed by atoms with Crippen molar-refractivity contribution in [3.8, 4) is 5.75 Å². The highest BCUT2D eigenvalue weighted by Crippen LogP contribution is 2.41. The highest BCUT2D eigenvalue weighted by molar-refractivity contribution is 7.89. The van der Waals surface area contributed by atoms with Crippen LogP contribution < -0.4 is 9.46 Å². The van der Waals surface area contributed by atoms with E-state index < -0.39 is 21.8 Å². The van der Waals surface area contributed by atoms with Crippen LogP contribution in [0.25, 0.3) is 0 Å². The van der Waals surface area contributed by atoms with Gasteiger partial charge in [-0.3, -0.25) is 0 Å². The van der Waals surface area contributed by atoms with Crippen LogP contribution in [-0.4, -0.2) is 22.1 Å². The summed E-state index contributed by atoms with van der Waals surface area (Å²) in [5, 5.41) is 0. The van der Waals surface area contributed by atoms with Crippen LogP contribution >= 0.6 is 0 Å². The molecule has 2 aromatic rings. The van der Waals surface area contributed by atoms with Crippen LogP contribution in [-0.2, 0) is 21.6 Å². The van der Waals surface area contributed by atoms with E-state index in [9.17, 15) is 21.6 Å². The Morgan fingerprint density at radius 3 is 2.29 bits per heavy atom. The third-order valence-corrected chi connectivity index (χ3v) is 6.73. The van der Waals surface area contributed by atoms with Gasteiger partial charge in [0.2, 0.25) is 10.0 Å². The quantitative estimate of drug-likeness (QED) is 0.759. The molecule has 1 aliphatic rings. The van der Waals surface area contributed by atoms with Gasteiger partial charge in [0.25, 0.3) is 0 Å². The van der Waals surface area contributed by atoms with Crippen molar-refractivity contribution >= 4 is 10.0 Å². The average molecular weight is 413 g/mol. The third-order valence-electron chi connectivity index (χ3n) is 5.34. The SMILES string of the molecule is COc1ccc(C2(CNS(=O)(=O)c3cccc(C(F)(F)F)c3)CCCC2)cc1. The van der Waals surface area contributed by atoms with Crippen LogP contribution in [0.15, 0.2) is 53.4 Å². The van der Waals surface area contributed by atoms with Crippen molar-refractivity contribution in [3.63, 3.8) is 0 Å². The van der Waals surface area contributed by atoms with E-state index in [0.717, 1.165) is 43.4 Å². The van der Waals surface area contributed by atoms with E-state index in [1.54, 1.807) is 7.11 Å². The minimum Gasteiger partial charge on any atom is -0.497 e. The van der Waals surface area contributed by atoms with Crippen molar-refractivity contribution in [1.29, 1.82) is 0 Å². The number of nitrogens with one attached hydrogen (secondary N) is 1. The summed E-state index contributed by atoms with van der Waals surface area (Å²) in [6.45, 7) is 0.137. The molecule has 152 valence electrons. The number of methoxy groups -OCH3 is 1. The molecule has 0 amide bonds. The van der Waals surface area contributed by atoms with Crippen LogP contribution in [0.4, 0.5) is 13.2 Å². The topological polar surface area (TPSA) is 55.4 Å². The number of hydrogen-bond acceptors (Lipinski definition) is 3. The molecule has 28 heavy (non-hydrogen) atoms. The zero-order valence-electron chi connectivity index (χ0n) is 15.4. The number of rotatable bonds is 6. The molecule has 1 fully saturated rings. The molecule has 4 nitrogen and oxygen atoms in total. The summed E-state index contributed by atoms with van der Waals surface area (Å²) in [5.74, 6) is 0.710. The fourth-order valence-corrected chi connectivity index (χ4v) is 4.89. The maximum Gasteiger partial charge on any atom is 0.416 e. The Morgan fingerprint density at radius 2 is 1.71 bits per heavy atom. The van der Waals surface area contributed by atoms with Gasteiger partial charge in [-0.05, 0) is 48.7 Å². The van der Waals surface area contributed by atoms with Crippen molar-refractivity contribution in [2.75, 3.05) is 13.7 Å². The predicted molar refractivity (Wildman–Crippen MR) is 99.8 cm³/mol. The first-order valence-electron chi connectivity index (χ1n) is 8.98.